The number of benzene rings is 1. The van der Waals surface area contributed by atoms with Gasteiger partial charge in [-0.1, -0.05) is 12.1 Å². The van der Waals surface area contributed by atoms with Crippen molar-refractivity contribution in [3.8, 4) is 11.3 Å². The first-order chi connectivity index (χ1) is 12.2. The Kier molecular flexibility index (Phi) is 4.33. The number of piperazine rings is 1. The highest BCUT2D eigenvalue weighted by atomic mass is 19.1. The van der Waals surface area contributed by atoms with Crippen LogP contribution in [0.15, 0.2) is 47.3 Å². The first-order valence-electron chi connectivity index (χ1n) is 8.33. The van der Waals surface area contributed by atoms with Crippen molar-refractivity contribution >= 4 is 0 Å². The van der Waals surface area contributed by atoms with E-state index in [1.54, 1.807) is 12.3 Å². The predicted octanol–water partition coefficient (Wildman–Crippen LogP) is 2.36. The minimum Gasteiger partial charge on any atom is -0.439 e. The third-order valence-corrected chi connectivity index (χ3v) is 4.51. The van der Waals surface area contributed by atoms with Gasteiger partial charge < -0.3 is 14.3 Å². The second-order valence-corrected chi connectivity index (χ2v) is 6.22. The quantitative estimate of drug-likeness (QED) is 0.789. The molecular weight excluding hydrogens is 321 g/mol. The zero-order valence-corrected chi connectivity index (χ0v) is 14.0. The third-order valence-electron chi connectivity index (χ3n) is 4.51. The third kappa shape index (κ3) is 3.33. The van der Waals surface area contributed by atoms with Gasteiger partial charge in [-0.15, -0.1) is 0 Å². The second kappa shape index (κ2) is 6.78. The Hall–Kier alpha value is -2.51. The zero-order valence-electron chi connectivity index (χ0n) is 14.0. The fourth-order valence-corrected chi connectivity index (χ4v) is 3.22. The van der Waals surface area contributed by atoms with Crippen molar-refractivity contribution < 1.29 is 8.81 Å². The van der Waals surface area contributed by atoms with Crippen molar-refractivity contribution in [1.82, 2.24) is 24.8 Å². The van der Waals surface area contributed by atoms with Crippen LogP contribution in [-0.4, -0.2) is 39.1 Å². The largest absolute Gasteiger partial charge is 0.439 e. The van der Waals surface area contributed by atoms with Crippen LogP contribution in [0.2, 0.25) is 0 Å². The lowest BCUT2D eigenvalue weighted by atomic mass is 10.1. The second-order valence-electron chi connectivity index (χ2n) is 6.22. The summed E-state index contributed by atoms with van der Waals surface area (Å²) >= 11 is 0. The molecule has 0 bridgehead atoms. The molecular formula is C18H20FN5O. The molecule has 1 aliphatic heterocycles. The Labute approximate surface area is 145 Å². The molecule has 0 saturated carbocycles. The summed E-state index contributed by atoms with van der Waals surface area (Å²) < 4.78 is 21.3. The summed E-state index contributed by atoms with van der Waals surface area (Å²) in [6.45, 7) is 3.23. The van der Waals surface area contributed by atoms with E-state index >= 15 is 0 Å². The van der Waals surface area contributed by atoms with Crippen LogP contribution < -0.4 is 5.32 Å². The minimum absolute atomic E-state index is 0.165. The highest BCUT2D eigenvalue weighted by Crippen LogP contribution is 2.25. The molecule has 1 atom stereocenters. The van der Waals surface area contributed by atoms with E-state index in [2.05, 4.69) is 20.2 Å². The van der Waals surface area contributed by atoms with Crippen LogP contribution in [0.25, 0.3) is 11.3 Å². The zero-order chi connectivity index (χ0) is 17.2. The van der Waals surface area contributed by atoms with E-state index in [1.807, 2.05) is 30.1 Å². The number of hydrogen-bond acceptors (Lipinski definition) is 5. The van der Waals surface area contributed by atoms with Gasteiger partial charge in [-0.25, -0.2) is 14.4 Å². The Balaban J connectivity index is 1.54. The molecule has 1 fully saturated rings. The summed E-state index contributed by atoms with van der Waals surface area (Å²) in [4.78, 5) is 11.2. The minimum atomic E-state index is -0.285. The number of oxazole rings is 1. The summed E-state index contributed by atoms with van der Waals surface area (Å²) in [5.74, 6) is 1.94. The Morgan fingerprint density at radius 1 is 1.36 bits per heavy atom. The number of imidazole rings is 1. The number of aromatic nitrogens is 3. The van der Waals surface area contributed by atoms with E-state index in [0.717, 1.165) is 25.5 Å². The average molecular weight is 341 g/mol. The monoisotopic (exact) mass is 341 g/mol. The first-order valence-corrected chi connectivity index (χ1v) is 8.33. The van der Waals surface area contributed by atoms with E-state index in [1.165, 1.54) is 12.1 Å². The predicted molar refractivity (Wildman–Crippen MR) is 91.1 cm³/mol. The highest BCUT2D eigenvalue weighted by molar-refractivity contribution is 5.56. The van der Waals surface area contributed by atoms with Crippen LogP contribution in [0.3, 0.4) is 0 Å². The summed E-state index contributed by atoms with van der Waals surface area (Å²) in [5.41, 5.74) is 0.694. The SMILES string of the molecule is Cn1ccnc1C1CNCCN1Cc1ncc(-c2cccc(F)c2)o1. The van der Waals surface area contributed by atoms with E-state index in [0.29, 0.717) is 23.8 Å². The van der Waals surface area contributed by atoms with E-state index in [4.69, 9.17) is 4.42 Å². The molecule has 1 N–H and O–H groups in total. The Bertz CT molecular complexity index is 859. The van der Waals surface area contributed by atoms with Crippen molar-refractivity contribution in [1.29, 1.82) is 0 Å². The molecule has 6 nitrogen and oxygen atoms in total. The van der Waals surface area contributed by atoms with Crippen LogP contribution >= 0.6 is 0 Å². The first kappa shape index (κ1) is 16.0. The molecule has 3 heterocycles. The number of nitrogens with zero attached hydrogens (tertiary/aromatic N) is 4. The fourth-order valence-electron chi connectivity index (χ4n) is 3.22. The fraction of sp³-hybridized carbons (Fsp3) is 0.333. The Morgan fingerprint density at radius 2 is 2.28 bits per heavy atom. The molecule has 4 rings (SSSR count). The number of aryl methyl sites for hydroxylation is 1. The Morgan fingerprint density at radius 3 is 3.08 bits per heavy atom. The van der Waals surface area contributed by atoms with Gasteiger partial charge in [0.2, 0.25) is 5.89 Å². The van der Waals surface area contributed by atoms with Gasteiger partial charge in [0.05, 0.1) is 18.8 Å². The molecule has 1 unspecified atom stereocenters. The van der Waals surface area contributed by atoms with Gasteiger partial charge in [0.1, 0.15) is 11.6 Å². The lowest BCUT2D eigenvalue weighted by Crippen LogP contribution is -2.46. The van der Waals surface area contributed by atoms with Crippen molar-refractivity contribution in [3.63, 3.8) is 0 Å². The molecule has 0 radical (unpaired) electrons. The van der Waals surface area contributed by atoms with Crippen LogP contribution in [-0.2, 0) is 13.6 Å². The molecule has 0 spiro atoms. The smallest absolute Gasteiger partial charge is 0.209 e. The van der Waals surface area contributed by atoms with E-state index in [-0.39, 0.29) is 11.9 Å². The number of hydrogen-bond donors (Lipinski definition) is 1. The van der Waals surface area contributed by atoms with Gasteiger partial charge in [-0.3, -0.25) is 4.90 Å². The van der Waals surface area contributed by atoms with Crippen LogP contribution in [0.4, 0.5) is 4.39 Å². The van der Waals surface area contributed by atoms with Crippen LogP contribution in [0.5, 0.6) is 0 Å². The van der Waals surface area contributed by atoms with Crippen molar-refractivity contribution in [2.45, 2.75) is 12.6 Å². The molecule has 1 aliphatic rings. The molecule has 3 aromatic rings. The molecule has 0 aliphatic carbocycles. The molecule has 1 aromatic carbocycles. The standard InChI is InChI=1S/C18H20FN5O/c1-23-7-6-21-18(23)15-10-20-5-8-24(15)12-17-22-11-16(25-17)13-3-2-4-14(19)9-13/h2-4,6-7,9,11,15,20H,5,8,10,12H2,1H3. The van der Waals surface area contributed by atoms with Gasteiger partial charge >= 0.3 is 0 Å². The maximum absolute atomic E-state index is 13.4. The average Bonchev–Trinajstić information content (AvgIpc) is 3.25. The van der Waals surface area contributed by atoms with Crippen molar-refractivity contribution in [3.05, 3.63) is 60.4 Å². The molecule has 1 saturated heterocycles. The van der Waals surface area contributed by atoms with Gasteiger partial charge in [0.15, 0.2) is 5.76 Å². The topological polar surface area (TPSA) is 59.1 Å². The molecule has 2 aromatic heterocycles. The molecule has 0 amide bonds. The highest BCUT2D eigenvalue weighted by Gasteiger charge is 2.27. The van der Waals surface area contributed by atoms with E-state index < -0.39 is 0 Å². The maximum atomic E-state index is 13.4. The van der Waals surface area contributed by atoms with Gasteiger partial charge in [-0.05, 0) is 12.1 Å². The van der Waals surface area contributed by atoms with E-state index in [9.17, 15) is 4.39 Å². The summed E-state index contributed by atoms with van der Waals surface area (Å²) in [7, 11) is 2.00. The van der Waals surface area contributed by atoms with Gasteiger partial charge in [0, 0.05) is 44.6 Å². The van der Waals surface area contributed by atoms with Crippen molar-refractivity contribution in [2.75, 3.05) is 19.6 Å². The van der Waals surface area contributed by atoms with Gasteiger partial charge in [-0.2, -0.15) is 0 Å². The number of halogens is 1. The molecule has 7 heteroatoms. The number of nitrogens with one attached hydrogen (secondary N) is 1. The normalized spacial score (nSPS) is 18.6. The number of rotatable bonds is 4. The maximum Gasteiger partial charge on any atom is 0.209 e. The summed E-state index contributed by atoms with van der Waals surface area (Å²) in [6.07, 6.45) is 5.42. The molecule has 25 heavy (non-hydrogen) atoms. The van der Waals surface area contributed by atoms with Crippen molar-refractivity contribution in [2.24, 2.45) is 7.05 Å². The lowest BCUT2D eigenvalue weighted by Gasteiger charge is -2.34. The van der Waals surface area contributed by atoms with Crippen LogP contribution in [0.1, 0.15) is 17.8 Å². The van der Waals surface area contributed by atoms with Crippen LogP contribution in [0, 0.1) is 5.82 Å². The summed E-state index contributed by atoms with van der Waals surface area (Å²) in [6, 6.07) is 6.51. The molecule has 130 valence electrons. The summed E-state index contributed by atoms with van der Waals surface area (Å²) in [5, 5.41) is 3.42. The lowest BCUT2D eigenvalue weighted by molar-refractivity contribution is 0.132. The van der Waals surface area contributed by atoms with Gasteiger partial charge in [0.25, 0.3) is 0 Å².